The van der Waals surface area contributed by atoms with Crippen LogP contribution in [0.2, 0.25) is 0 Å². The molecule has 6 heteroatoms. The smallest absolute Gasteiger partial charge is 0.260 e. The molecule has 0 radical (unpaired) electrons. The standard InChI is InChI=1S/C22H18N4O2/c1-28-19-12-6-5-11-17(19)21-18(22(27)24-20-13-7-8-14-23-20)15-26(25-21)16-9-3-2-4-10-16/h2-15H,1H3,(H,23,24,27). The van der Waals surface area contributed by atoms with Gasteiger partial charge in [-0.3, -0.25) is 4.79 Å². The van der Waals surface area contributed by atoms with Crippen molar-refractivity contribution in [3.05, 3.63) is 90.8 Å². The third-order valence-electron chi connectivity index (χ3n) is 4.25. The van der Waals surface area contributed by atoms with Gasteiger partial charge in [-0.05, 0) is 36.4 Å². The molecule has 4 aromatic rings. The van der Waals surface area contributed by atoms with E-state index in [4.69, 9.17) is 4.74 Å². The van der Waals surface area contributed by atoms with Crippen LogP contribution in [0.25, 0.3) is 16.9 Å². The summed E-state index contributed by atoms with van der Waals surface area (Å²) in [7, 11) is 1.60. The van der Waals surface area contributed by atoms with E-state index in [0.717, 1.165) is 11.3 Å². The van der Waals surface area contributed by atoms with Crippen LogP contribution in [0, 0.1) is 0 Å². The second kappa shape index (κ2) is 7.75. The van der Waals surface area contributed by atoms with E-state index in [1.54, 1.807) is 36.3 Å². The van der Waals surface area contributed by atoms with Crippen LogP contribution in [0.5, 0.6) is 5.75 Å². The summed E-state index contributed by atoms with van der Waals surface area (Å²) in [5.74, 6) is 0.834. The molecule has 0 fully saturated rings. The number of pyridine rings is 1. The maximum absolute atomic E-state index is 13.0. The fourth-order valence-electron chi connectivity index (χ4n) is 2.91. The van der Waals surface area contributed by atoms with Crippen LogP contribution in [-0.2, 0) is 0 Å². The summed E-state index contributed by atoms with van der Waals surface area (Å²) in [6.45, 7) is 0. The van der Waals surface area contributed by atoms with E-state index in [0.29, 0.717) is 22.8 Å². The van der Waals surface area contributed by atoms with E-state index < -0.39 is 0 Å². The lowest BCUT2D eigenvalue weighted by Crippen LogP contribution is -2.13. The number of nitrogens with zero attached hydrogens (tertiary/aromatic N) is 3. The SMILES string of the molecule is COc1ccccc1-c1nn(-c2ccccc2)cc1C(=O)Nc1ccccn1. The molecule has 0 aliphatic heterocycles. The highest BCUT2D eigenvalue weighted by molar-refractivity contribution is 6.08. The molecule has 1 amide bonds. The first kappa shape index (κ1) is 17.5. The molecule has 0 aliphatic rings. The summed E-state index contributed by atoms with van der Waals surface area (Å²) >= 11 is 0. The van der Waals surface area contributed by atoms with E-state index in [-0.39, 0.29) is 5.91 Å². The van der Waals surface area contributed by atoms with Crippen molar-refractivity contribution in [2.45, 2.75) is 0 Å². The zero-order valence-corrected chi connectivity index (χ0v) is 15.2. The van der Waals surface area contributed by atoms with Gasteiger partial charge < -0.3 is 10.1 Å². The number of ether oxygens (including phenoxy) is 1. The van der Waals surface area contributed by atoms with E-state index in [1.165, 1.54) is 0 Å². The van der Waals surface area contributed by atoms with Gasteiger partial charge in [-0.25, -0.2) is 9.67 Å². The molecule has 0 atom stereocenters. The minimum absolute atomic E-state index is 0.290. The average Bonchev–Trinajstić information content (AvgIpc) is 3.20. The Bertz CT molecular complexity index is 1090. The summed E-state index contributed by atoms with van der Waals surface area (Å²) in [4.78, 5) is 17.2. The van der Waals surface area contributed by atoms with Gasteiger partial charge in [-0.2, -0.15) is 5.10 Å². The first-order valence-corrected chi connectivity index (χ1v) is 8.77. The highest BCUT2D eigenvalue weighted by Crippen LogP contribution is 2.32. The van der Waals surface area contributed by atoms with Gasteiger partial charge in [-0.15, -0.1) is 0 Å². The second-order valence-corrected chi connectivity index (χ2v) is 6.04. The number of para-hydroxylation sites is 2. The normalized spacial score (nSPS) is 10.5. The molecule has 0 spiro atoms. The Hall–Kier alpha value is -3.93. The van der Waals surface area contributed by atoms with Crippen molar-refractivity contribution in [2.75, 3.05) is 12.4 Å². The number of amides is 1. The molecule has 0 unspecified atom stereocenters. The number of carbonyl (C=O) groups excluding carboxylic acids is 1. The van der Waals surface area contributed by atoms with Gasteiger partial charge in [0.15, 0.2) is 0 Å². The van der Waals surface area contributed by atoms with Gasteiger partial charge in [0.05, 0.1) is 18.4 Å². The summed E-state index contributed by atoms with van der Waals surface area (Å²) in [5.41, 5.74) is 2.56. The molecule has 4 rings (SSSR count). The Kier molecular flexibility index (Phi) is 4.84. The summed E-state index contributed by atoms with van der Waals surface area (Å²) in [5, 5.41) is 7.50. The van der Waals surface area contributed by atoms with Crippen molar-refractivity contribution in [2.24, 2.45) is 0 Å². The molecule has 28 heavy (non-hydrogen) atoms. The van der Waals surface area contributed by atoms with E-state index in [1.807, 2.05) is 60.7 Å². The fraction of sp³-hybridized carbons (Fsp3) is 0.0455. The first-order chi connectivity index (χ1) is 13.8. The third kappa shape index (κ3) is 3.48. The van der Waals surface area contributed by atoms with Crippen molar-refractivity contribution < 1.29 is 9.53 Å². The molecular weight excluding hydrogens is 352 g/mol. The van der Waals surface area contributed by atoms with Crippen LogP contribution in [-0.4, -0.2) is 27.8 Å². The van der Waals surface area contributed by atoms with Gasteiger partial charge in [0.25, 0.3) is 5.91 Å². The maximum atomic E-state index is 13.0. The van der Waals surface area contributed by atoms with Crippen molar-refractivity contribution in [1.82, 2.24) is 14.8 Å². The highest BCUT2D eigenvalue weighted by Gasteiger charge is 2.21. The zero-order chi connectivity index (χ0) is 19.3. The van der Waals surface area contributed by atoms with E-state index in [9.17, 15) is 4.79 Å². The minimum atomic E-state index is -0.290. The van der Waals surface area contributed by atoms with Crippen molar-refractivity contribution in [3.63, 3.8) is 0 Å². The number of methoxy groups -OCH3 is 1. The maximum Gasteiger partial charge on any atom is 0.260 e. The summed E-state index contributed by atoms with van der Waals surface area (Å²) in [6.07, 6.45) is 3.35. The van der Waals surface area contributed by atoms with Crippen molar-refractivity contribution >= 4 is 11.7 Å². The Morgan fingerprint density at radius 3 is 2.46 bits per heavy atom. The second-order valence-electron chi connectivity index (χ2n) is 6.04. The molecule has 0 saturated heterocycles. The number of rotatable bonds is 5. The molecule has 2 heterocycles. The highest BCUT2D eigenvalue weighted by atomic mass is 16.5. The molecule has 0 aliphatic carbocycles. The van der Waals surface area contributed by atoms with Crippen molar-refractivity contribution in [3.8, 4) is 22.7 Å². The molecule has 1 N–H and O–H groups in total. The molecular formula is C22H18N4O2. The van der Waals surface area contributed by atoms with Gasteiger partial charge in [-0.1, -0.05) is 36.4 Å². The first-order valence-electron chi connectivity index (χ1n) is 8.77. The van der Waals surface area contributed by atoms with E-state index >= 15 is 0 Å². The Morgan fingerprint density at radius 1 is 0.964 bits per heavy atom. The quantitative estimate of drug-likeness (QED) is 0.572. The molecule has 2 aromatic carbocycles. The predicted molar refractivity (Wildman–Crippen MR) is 108 cm³/mol. The third-order valence-corrected chi connectivity index (χ3v) is 4.25. The minimum Gasteiger partial charge on any atom is -0.496 e. The predicted octanol–water partition coefficient (Wildman–Crippen LogP) is 4.20. The Morgan fingerprint density at radius 2 is 1.71 bits per heavy atom. The molecule has 138 valence electrons. The van der Waals surface area contributed by atoms with Gasteiger partial charge >= 0.3 is 0 Å². The number of carbonyl (C=O) groups is 1. The van der Waals surface area contributed by atoms with Crippen LogP contribution >= 0.6 is 0 Å². The monoisotopic (exact) mass is 370 g/mol. The lowest BCUT2D eigenvalue weighted by molar-refractivity contribution is 0.102. The molecule has 6 nitrogen and oxygen atoms in total. The topological polar surface area (TPSA) is 69.0 Å². The molecule has 2 aromatic heterocycles. The number of anilines is 1. The van der Waals surface area contributed by atoms with E-state index in [2.05, 4.69) is 15.4 Å². The summed E-state index contributed by atoms with van der Waals surface area (Å²) < 4.78 is 7.16. The average molecular weight is 370 g/mol. The van der Waals surface area contributed by atoms with Crippen LogP contribution in [0.3, 0.4) is 0 Å². The van der Waals surface area contributed by atoms with Crippen LogP contribution < -0.4 is 10.1 Å². The number of benzene rings is 2. The number of aromatic nitrogens is 3. The summed E-state index contributed by atoms with van der Waals surface area (Å²) in [6, 6.07) is 22.5. The number of hydrogen-bond donors (Lipinski definition) is 1. The van der Waals surface area contributed by atoms with Crippen LogP contribution in [0.4, 0.5) is 5.82 Å². The number of nitrogens with one attached hydrogen (secondary N) is 1. The van der Waals surface area contributed by atoms with Crippen LogP contribution in [0.1, 0.15) is 10.4 Å². The lowest BCUT2D eigenvalue weighted by Gasteiger charge is -2.08. The van der Waals surface area contributed by atoms with Gasteiger partial charge in [0.1, 0.15) is 17.3 Å². The van der Waals surface area contributed by atoms with Crippen LogP contribution in [0.15, 0.2) is 85.2 Å². The van der Waals surface area contributed by atoms with Crippen molar-refractivity contribution in [1.29, 1.82) is 0 Å². The van der Waals surface area contributed by atoms with Gasteiger partial charge in [0, 0.05) is 18.0 Å². The zero-order valence-electron chi connectivity index (χ0n) is 15.2. The Balaban J connectivity index is 1.81. The fourth-order valence-corrected chi connectivity index (χ4v) is 2.91. The number of hydrogen-bond acceptors (Lipinski definition) is 4. The molecule has 0 saturated carbocycles. The molecule has 0 bridgehead atoms. The largest absolute Gasteiger partial charge is 0.496 e. The lowest BCUT2D eigenvalue weighted by atomic mass is 10.1. The van der Waals surface area contributed by atoms with Gasteiger partial charge in [0.2, 0.25) is 0 Å². The Labute approximate surface area is 162 Å².